The van der Waals surface area contributed by atoms with Crippen molar-refractivity contribution in [1.29, 1.82) is 0 Å². The molecule has 1 saturated carbocycles. The van der Waals surface area contributed by atoms with Gasteiger partial charge in [-0.2, -0.15) is 0 Å². The second kappa shape index (κ2) is 7.07. The molecule has 0 unspecified atom stereocenters. The van der Waals surface area contributed by atoms with E-state index < -0.39 is 9.84 Å². The highest BCUT2D eigenvalue weighted by Crippen LogP contribution is 2.40. The molecule has 6 heteroatoms. The lowest BCUT2D eigenvalue weighted by Gasteiger charge is -2.26. The first kappa shape index (κ1) is 17.0. The van der Waals surface area contributed by atoms with E-state index in [2.05, 4.69) is 15.9 Å². The Balaban J connectivity index is 2.68. The number of amides is 1. The number of rotatable bonds is 7. The summed E-state index contributed by atoms with van der Waals surface area (Å²) >= 11 is 3.45. The molecule has 0 heterocycles. The number of carbonyl (C=O) groups is 1. The molecule has 0 aromatic heterocycles. The number of hydrogen-bond acceptors (Lipinski definition) is 3. The first-order valence-electron chi connectivity index (χ1n) is 6.92. The van der Waals surface area contributed by atoms with Gasteiger partial charge in [0.2, 0.25) is 5.91 Å². The maximum atomic E-state index is 12.2. The number of halogens is 1. The molecule has 0 aromatic rings. The van der Waals surface area contributed by atoms with Crippen LogP contribution in [0.1, 0.15) is 39.5 Å². The van der Waals surface area contributed by atoms with Gasteiger partial charge in [-0.3, -0.25) is 4.79 Å². The number of nitrogens with zero attached hydrogens (tertiary/aromatic N) is 1. The van der Waals surface area contributed by atoms with E-state index in [4.69, 9.17) is 0 Å². The minimum Gasteiger partial charge on any atom is -0.342 e. The van der Waals surface area contributed by atoms with E-state index in [1.165, 1.54) is 0 Å². The van der Waals surface area contributed by atoms with E-state index in [0.29, 0.717) is 18.4 Å². The Morgan fingerprint density at radius 2 is 1.74 bits per heavy atom. The van der Waals surface area contributed by atoms with E-state index >= 15 is 0 Å². The van der Waals surface area contributed by atoms with Crippen LogP contribution in [-0.2, 0) is 14.6 Å². The van der Waals surface area contributed by atoms with Crippen LogP contribution in [0.4, 0.5) is 0 Å². The monoisotopic (exact) mass is 353 g/mol. The Morgan fingerprint density at radius 3 is 2.16 bits per heavy atom. The van der Waals surface area contributed by atoms with Crippen LogP contribution in [0.3, 0.4) is 0 Å². The maximum absolute atomic E-state index is 12.2. The molecule has 1 rings (SSSR count). The van der Waals surface area contributed by atoms with E-state index in [0.717, 1.165) is 25.7 Å². The minimum absolute atomic E-state index is 0.137. The SMILES string of the molecule is CCN(CC)C(=O)CS(=O)(=O)CC1(CBr)CCCC1. The molecule has 0 aromatic carbocycles. The fourth-order valence-electron chi connectivity index (χ4n) is 2.81. The van der Waals surface area contributed by atoms with E-state index in [-0.39, 0.29) is 22.8 Å². The Labute approximate surface area is 125 Å². The lowest BCUT2D eigenvalue weighted by molar-refractivity contribution is -0.128. The third-order valence-electron chi connectivity index (χ3n) is 3.93. The largest absolute Gasteiger partial charge is 0.342 e. The van der Waals surface area contributed by atoms with Gasteiger partial charge in [0.05, 0.1) is 5.75 Å². The van der Waals surface area contributed by atoms with Gasteiger partial charge >= 0.3 is 0 Å². The van der Waals surface area contributed by atoms with Crippen LogP contribution in [0.25, 0.3) is 0 Å². The minimum atomic E-state index is -3.32. The van der Waals surface area contributed by atoms with Crippen LogP contribution in [-0.4, -0.2) is 49.2 Å². The number of carbonyl (C=O) groups excluding carboxylic acids is 1. The van der Waals surface area contributed by atoms with Gasteiger partial charge in [0.15, 0.2) is 9.84 Å². The van der Waals surface area contributed by atoms with Crippen molar-refractivity contribution in [2.45, 2.75) is 39.5 Å². The molecule has 0 spiro atoms. The van der Waals surface area contributed by atoms with Crippen molar-refractivity contribution < 1.29 is 13.2 Å². The van der Waals surface area contributed by atoms with Crippen molar-refractivity contribution in [2.75, 3.05) is 29.9 Å². The Bertz CT molecular complexity index is 398. The van der Waals surface area contributed by atoms with Crippen LogP contribution < -0.4 is 0 Å². The standard InChI is InChI=1S/C13H24BrNO3S/c1-3-15(4-2)12(16)9-19(17,18)11-13(10-14)7-5-6-8-13/h3-11H2,1-2H3. The normalized spacial score (nSPS) is 18.5. The Kier molecular flexibility index (Phi) is 6.30. The highest BCUT2D eigenvalue weighted by atomic mass is 79.9. The lowest BCUT2D eigenvalue weighted by atomic mass is 9.92. The van der Waals surface area contributed by atoms with Crippen LogP contribution >= 0.6 is 15.9 Å². The topological polar surface area (TPSA) is 54.5 Å². The zero-order valence-corrected chi connectivity index (χ0v) is 14.2. The van der Waals surface area contributed by atoms with E-state index in [1.54, 1.807) is 4.90 Å². The van der Waals surface area contributed by atoms with Crippen LogP contribution in [0.15, 0.2) is 0 Å². The molecule has 0 radical (unpaired) electrons. The molecule has 1 amide bonds. The van der Waals surface area contributed by atoms with Crippen LogP contribution in [0, 0.1) is 5.41 Å². The molecule has 0 aliphatic heterocycles. The second-order valence-corrected chi connectivity index (χ2v) is 8.06. The molecule has 0 atom stereocenters. The van der Waals surface area contributed by atoms with Gasteiger partial charge in [-0.25, -0.2) is 8.42 Å². The Hall–Kier alpha value is -0.100. The van der Waals surface area contributed by atoms with Gasteiger partial charge in [0, 0.05) is 18.4 Å². The molecular weight excluding hydrogens is 330 g/mol. The van der Waals surface area contributed by atoms with Crippen molar-refractivity contribution in [1.82, 2.24) is 4.90 Å². The molecule has 0 bridgehead atoms. The summed E-state index contributed by atoms with van der Waals surface area (Å²) in [4.78, 5) is 13.5. The van der Waals surface area contributed by atoms with Crippen LogP contribution in [0.5, 0.6) is 0 Å². The molecule has 1 fully saturated rings. The molecule has 19 heavy (non-hydrogen) atoms. The van der Waals surface area contributed by atoms with Crippen molar-refractivity contribution in [3.63, 3.8) is 0 Å². The summed E-state index contributed by atoms with van der Waals surface area (Å²) in [7, 11) is -3.32. The van der Waals surface area contributed by atoms with E-state index in [1.807, 2.05) is 13.8 Å². The Morgan fingerprint density at radius 1 is 1.21 bits per heavy atom. The van der Waals surface area contributed by atoms with Crippen molar-refractivity contribution >= 4 is 31.7 Å². The summed E-state index contributed by atoms with van der Waals surface area (Å²) in [6.07, 6.45) is 4.06. The van der Waals surface area contributed by atoms with Crippen molar-refractivity contribution in [3.8, 4) is 0 Å². The van der Waals surface area contributed by atoms with Crippen molar-refractivity contribution in [2.24, 2.45) is 5.41 Å². The quantitative estimate of drug-likeness (QED) is 0.659. The zero-order valence-electron chi connectivity index (χ0n) is 11.8. The molecule has 1 aliphatic carbocycles. The summed E-state index contributed by atoms with van der Waals surface area (Å²) in [5.41, 5.74) is -0.150. The predicted octanol–water partition coefficient (Wildman–Crippen LogP) is 2.22. The third kappa shape index (κ3) is 4.74. The van der Waals surface area contributed by atoms with E-state index in [9.17, 15) is 13.2 Å². The van der Waals surface area contributed by atoms with Gasteiger partial charge in [-0.1, -0.05) is 28.8 Å². The average Bonchev–Trinajstić information content (AvgIpc) is 2.78. The van der Waals surface area contributed by atoms with Gasteiger partial charge in [-0.05, 0) is 32.1 Å². The van der Waals surface area contributed by atoms with Crippen molar-refractivity contribution in [3.05, 3.63) is 0 Å². The first-order valence-corrected chi connectivity index (χ1v) is 9.86. The summed E-state index contributed by atoms with van der Waals surface area (Å²) in [5, 5.41) is 0.707. The summed E-state index contributed by atoms with van der Waals surface area (Å²) in [5.74, 6) is -0.477. The molecule has 1 aliphatic rings. The third-order valence-corrected chi connectivity index (χ3v) is 6.86. The highest BCUT2D eigenvalue weighted by molar-refractivity contribution is 9.09. The van der Waals surface area contributed by atoms with Gasteiger partial charge < -0.3 is 4.90 Å². The zero-order chi connectivity index (χ0) is 14.5. The average molecular weight is 354 g/mol. The lowest BCUT2D eigenvalue weighted by Crippen LogP contribution is -2.38. The number of alkyl halides is 1. The second-order valence-electron chi connectivity index (χ2n) is 5.44. The smallest absolute Gasteiger partial charge is 0.237 e. The fourth-order valence-corrected chi connectivity index (χ4v) is 5.82. The van der Waals surface area contributed by atoms with Gasteiger partial charge in [0.1, 0.15) is 5.75 Å². The number of sulfone groups is 1. The first-order chi connectivity index (χ1) is 8.88. The summed E-state index contributed by atoms with van der Waals surface area (Å²) in [6, 6.07) is 0. The highest BCUT2D eigenvalue weighted by Gasteiger charge is 2.38. The van der Waals surface area contributed by atoms with Gasteiger partial charge in [-0.15, -0.1) is 0 Å². The maximum Gasteiger partial charge on any atom is 0.237 e. The molecule has 0 N–H and O–H groups in total. The molecule has 112 valence electrons. The predicted molar refractivity (Wildman–Crippen MR) is 81.3 cm³/mol. The molecule has 4 nitrogen and oxygen atoms in total. The molecule has 0 saturated heterocycles. The summed E-state index contributed by atoms with van der Waals surface area (Å²) < 4.78 is 24.5. The summed E-state index contributed by atoms with van der Waals surface area (Å²) in [6.45, 7) is 4.86. The molecular formula is C13H24BrNO3S. The van der Waals surface area contributed by atoms with Gasteiger partial charge in [0.25, 0.3) is 0 Å². The number of hydrogen-bond donors (Lipinski definition) is 0. The fraction of sp³-hybridized carbons (Fsp3) is 0.923. The van der Waals surface area contributed by atoms with Crippen LogP contribution in [0.2, 0.25) is 0 Å².